The molecule has 1 atom stereocenters. The van der Waals surface area contributed by atoms with Gasteiger partial charge in [0.25, 0.3) is 0 Å². The molecule has 0 aromatic carbocycles. The van der Waals surface area contributed by atoms with Crippen molar-refractivity contribution in [1.29, 1.82) is 0 Å². The number of carbonyl (C=O) groups is 2. The summed E-state index contributed by atoms with van der Waals surface area (Å²) in [6.45, 7) is 7.02. The predicted molar refractivity (Wildman–Crippen MR) is 64.2 cm³/mol. The largest absolute Gasteiger partial charge is 0.458 e. The molecule has 0 amide bonds. The number of nitrogens with zero attached hydrogens (tertiary/aromatic N) is 1. The number of rotatable bonds is 6. The van der Waals surface area contributed by atoms with Crippen LogP contribution in [0, 0.1) is 0 Å². The first-order chi connectivity index (χ1) is 7.61. The van der Waals surface area contributed by atoms with Gasteiger partial charge in [0, 0.05) is 12.5 Å². The minimum absolute atomic E-state index is 0.0563. The summed E-state index contributed by atoms with van der Waals surface area (Å²) < 4.78 is 10.7. The summed E-state index contributed by atoms with van der Waals surface area (Å²) in [7, 11) is 5.91. The standard InChI is InChI=1S/C12H22NO4/c1-9(2)12(15)16-8-11(17-10(3)14)7-13(4,5)6/h11H,1,7-8H2,2-6H3/q+1/t11-/m0/s1. The molecule has 0 spiro atoms. The molecular formula is C12H22NO4+. The molecule has 0 radical (unpaired) electrons. The van der Waals surface area contributed by atoms with E-state index in [9.17, 15) is 9.59 Å². The molecule has 98 valence electrons. The second-order valence-electron chi connectivity index (χ2n) is 5.08. The summed E-state index contributed by atoms with van der Waals surface area (Å²) in [6.07, 6.45) is -0.434. The summed E-state index contributed by atoms with van der Waals surface area (Å²) in [5, 5.41) is 0. The Morgan fingerprint density at radius 1 is 1.24 bits per heavy atom. The van der Waals surface area contributed by atoms with Gasteiger partial charge in [0.1, 0.15) is 13.2 Å². The van der Waals surface area contributed by atoms with E-state index in [1.807, 2.05) is 21.1 Å². The molecule has 0 aliphatic carbocycles. The average molecular weight is 244 g/mol. The molecule has 0 aliphatic rings. The van der Waals surface area contributed by atoms with Crippen molar-refractivity contribution in [2.24, 2.45) is 0 Å². The van der Waals surface area contributed by atoms with E-state index < -0.39 is 12.1 Å². The summed E-state index contributed by atoms with van der Waals surface area (Å²) in [4.78, 5) is 22.2. The number of ether oxygens (including phenoxy) is 2. The van der Waals surface area contributed by atoms with E-state index in [-0.39, 0.29) is 12.6 Å². The van der Waals surface area contributed by atoms with Crippen molar-refractivity contribution in [1.82, 2.24) is 0 Å². The molecule has 0 unspecified atom stereocenters. The van der Waals surface area contributed by atoms with Crippen molar-refractivity contribution < 1.29 is 23.5 Å². The maximum atomic E-state index is 11.2. The Balaban J connectivity index is 4.34. The Kier molecular flexibility index (Phi) is 5.88. The average Bonchev–Trinajstić information content (AvgIpc) is 2.09. The van der Waals surface area contributed by atoms with Crippen LogP contribution in [0.25, 0.3) is 0 Å². The summed E-state index contributed by atoms with van der Waals surface area (Å²) in [5.74, 6) is -0.849. The minimum atomic E-state index is -0.469. The maximum absolute atomic E-state index is 11.2. The fourth-order valence-electron chi connectivity index (χ4n) is 1.26. The number of carbonyl (C=O) groups excluding carboxylic acids is 2. The molecule has 0 heterocycles. The molecule has 5 nitrogen and oxygen atoms in total. The van der Waals surface area contributed by atoms with E-state index in [4.69, 9.17) is 9.47 Å². The fourth-order valence-corrected chi connectivity index (χ4v) is 1.26. The van der Waals surface area contributed by atoms with Gasteiger partial charge in [-0.15, -0.1) is 0 Å². The molecule has 5 heteroatoms. The van der Waals surface area contributed by atoms with Gasteiger partial charge in [0.05, 0.1) is 21.1 Å². The molecule has 0 fully saturated rings. The van der Waals surface area contributed by atoms with Gasteiger partial charge in [-0.05, 0) is 6.92 Å². The maximum Gasteiger partial charge on any atom is 0.333 e. The van der Waals surface area contributed by atoms with Gasteiger partial charge in [0.15, 0.2) is 6.10 Å². The van der Waals surface area contributed by atoms with Crippen LogP contribution in [0.4, 0.5) is 0 Å². The molecule has 0 bridgehead atoms. The highest BCUT2D eigenvalue weighted by Gasteiger charge is 2.22. The van der Waals surface area contributed by atoms with Crippen molar-refractivity contribution in [3.05, 3.63) is 12.2 Å². The van der Waals surface area contributed by atoms with E-state index in [0.29, 0.717) is 16.6 Å². The zero-order valence-corrected chi connectivity index (χ0v) is 11.3. The van der Waals surface area contributed by atoms with E-state index in [0.717, 1.165) is 0 Å². The number of likely N-dealkylation sites (N-methyl/N-ethyl adjacent to an activating group) is 1. The van der Waals surface area contributed by atoms with Crippen LogP contribution in [0.15, 0.2) is 12.2 Å². The molecule has 0 saturated heterocycles. The fraction of sp³-hybridized carbons (Fsp3) is 0.667. The van der Waals surface area contributed by atoms with Gasteiger partial charge >= 0.3 is 11.9 Å². The SMILES string of the molecule is C=C(C)C(=O)OC[C@H](C[N+](C)(C)C)OC(C)=O. The van der Waals surface area contributed by atoms with Crippen LogP contribution in [0.3, 0.4) is 0 Å². The first-order valence-electron chi connectivity index (χ1n) is 5.42. The normalized spacial score (nSPS) is 12.8. The van der Waals surface area contributed by atoms with Gasteiger partial charge in [-0.2, -0.15) is 0 Å². The van der Waals surface area contributed by atoms with Crippen LogP contribution in [-0.2, 0) is 19.1 Å². The van der Waals surface area contributed by atoms with Crippen molar-refractivity contribution in [2.75, 3.05) is 34.3 Å². The highest BCUT2D eigenvalue weighted by atomic mass is 16.6. The number of quaternary nitrogens is 1. The first kappa shape index (κ1) is 15.6. The van der Waals surface area contributed by atoms with Crippen molar-refractivity contribution in [2.45, 2.75) is 20.0 Å². The zero-order chi connectivity index (χ0) is 13.6. The molecule has 0 saturated carbocycles. The smallest absolute Gasteiger partial charge is 0.333 e. The minimum Gasteiger partial charge on any atom is -0.458 e. The van der Waals surface area contributed by atoms with Crippen LogP contribution in [0.5, 0.6) is 0 Å². The van der Waals surface area contributed by atoms with Crippen LogP contribution in [-0.4, -0.2) is 56.8 Å². The van der Waals surface area contributed by atoms with Gasteiger partial charge in [-0.25, -0.2) is 4.79 Å². The molecule has 0 aromatic rings. The lowest BCUT2D eigenvalue weighted by molar-refractivity contribution is -0.873. The number of hydrogen-bond donors (Lipinski definition) is 0. The van der Waals surface area contributed by atoms with E-state index >= 15 is 0 Å². The zero-order valence-electron chi connectivity index (χ0n) is 11.3. The molecule has 0 N–H and O–H groups in total. The van der Waals surface area contributed by atoms with E-state index in [1.54, 1.807) is 6.92 Å². The van der Waals surface area contributed by atoms with Crippen molar-refractivity contribution >= 4 is 11.9 Å². The second-order valence-corrected chi connectivity index (χ2v) is 5.08. The lowest BCUT2D eigenvalue weighted by atomic mass is 10.3. The van der Waals surface area contributed by atoms with Gasteiger partial charge in [0.2, 0.25) is 0 Å². The lowest BCUT2D eigenvalue weighted by Crippen LogP contribution is -2.44. The third kappa shape index (κ3) is 8.45. The molecule has 0 rings (SSSR count). The Bertz CT molecular complexity index is 304. The Labute approximate surface area is 103 Å². The number of hydrogen-bond acceptors (Lipinski definition) is 4. The summed E-state index contributed by atoms with van der Waals surface area (Å²) in [6, 6.07) is 0. The van der Waals surface area contributed by atoms with Crippen molar-refractivity contribution in [3.63, 3.8) is 0 Å². The Morgan fingerprint density at radius 2 is 1.76 bits per heavy atom. The molecule has 0 aliphatic heterocycles. The van der Waals surface area contributed by atoms with Gasteiger partial charge in [-0.1, -0.05) is 6.58 Å². The Morgan fingerprint density at radius 3 is 2.12 bits per heavy atom. The van der Waals surface area contributed by atoms with E-state index in [2.05, 4.69) is 6.58 Å². The number of esters is 2. The molecule has 0 aromatic heterocycles. The van der Waals surface area contributed by atoms with Gasteiger partial charge < -0.3 is 14.0 Å². The lowest BCUT2D eigenvalue weighted by Gasteiger charge is -2.28. The van der Waals surface area contributed by atoms with Crippen molar-refractivity contribution in [3.8, 4) is 0 Å². The summed E-state index contributed by atoms with van der Waals surface area (Å²) >= 11 is 0. The molecule has 17 heavy (non-hydrogen) atoms. The monoisotopic (exact) mass is 244 g/mol. The first-order valence-corrected chi connectivity index (χ1v) is 5.42. The van der Waals surface area contributed by atoms with Gasteiger partial charge in [-0.3, -0.25) is 4.79 Å². The topological polar surface area (TPSA) is 52.6 Å². The highest BCUT2D eigenvalue weighted by molar-refractivity contribution is 5.86. The quantitative estimate of drug-likeness (QED) is 0.393. The third-order valence-electron chi connectivity index (χ3n) is 1.83. The van der Waals surface area contributed by atoms with Crippen LogP contribution in [0.2, 0.25) is 0 Å². The van der Waals surface area contributed by atoms with Crippen LogP contribution < -0.4 is 0 Å². The summed E-state index contributed by atoms with van der Waals surface area (Å²) in [5.41, 5.74) is 0.330. The Hall–Kier alpha value is -1.36. The second kappa shape index (κ2) is 6.39. The van der Waals surface area contributed by atoms with Crippen LogP contribution >= 0.6 is 0 Å². The van der Waals surface area contributed by atoms with E-state index in [1.165, 1.54) is 6.92 Å². The highest BCUT2D eigenvalue weighted by Crippen LogP contribution is 2.03. The van der Waals surface area contributed by atoms with Crippen LogP contribution in [0.1, 0.15) is 13.8 Å². The third-order valence-corrected chi connectivity index (χ3v) is 1.83. The molecular weight excluding hydrogens is 222 g/mol. The predicted octanol–water partition coefficient (Wildman–Crippen LogP) is 0.744.